The van der Waals surface area contributed by atoms with Crippen LogP contribution in [0.25, 0.3) is 0 Å². The molecule has 0 saturated carbocycles. The van der Waals surface area contributed by atoms with Crippen LogP contribution in [0.2, 0.25) is 0 Å². The minimum absolute atomic E-state index is 0.381. The molecule has 2 N–H and O–H groups in total. The Morgan fingerprint density at radius 2 is 1.89 bits per heavy atom. The summed E-state index contributed by atoms with van der Waals surface area (Å²) < 4.78 is 0. The first-order valence-electron chi connectivity index (χ1n) is 3.92. The second-order valence-corrected chi connectivity index (χ2v) is 3.11. The third-order valence-corrected chi connectivity index (χ3v) is 1.56. The summed E-state index contributed by atoms with van der Waals surface area (Å²) in [7, 11) is 0. The van der Waals surface area contributed by atoms with Gasteiger partial charge in [-0.05, 0) is 19.3 Å². The highest BCUT2D eigenvalue weighted by atomic mass is 14.6. The first-order chi connectivity index (χ1) is 4.16. The average molecular weight is 129 g/mol. The SMILES string of the molecule is CCC[C@H](C)C[C@H](C)N. The van der Waals surface area contributed by atoms with Crippen LogP contribution in [-0.4, -0.2) is 6.04 Å². The minimum atomic E-state index is 0.381. The Kier molecular flexibility index (Phi) is 4.78. The van der Waals surface area contributed by atoms with Gasteiger partial charge in [-0.3, -0.25) is 0 Å². The zero-order valence-electron chi connectivity index (χ0n) is 6.85. The van der Waals surface area contributed by atoms with E-state index in [0.29, 0.717) is 6.04 Å². The quantitative estimate of drug-likeness (QED) is 0.618. The van der Waals surface area contributed by atoms with E-state index in [2.05, 4.69) is 20.8 Å². The summed E-state index contributed by atoms with van der Waals surface area (Å²) in [4.78, 5) is 0. The monoisotopic (exact) mass is 129 g/mol. The van der Waals surface area contributed by atoms with Crippen molar-refractivity contribution < 1.29 is 0 Å². The van der Waals surface area contributed by atoms with Crippen molar-refractivity contribution in [3.05, 3.63) is 0 Å². The lowest BCUT2D eigenvalue weighted by Crippen LogP contribution is -2.18. The van der Waals surface area contributed by atoms with Crippen molar-refractivity contribution in [2.75, 3.05) is 0 Å². The van der Waals surface area contributed by atoms with Crippen LogP contribution in [0.5, 0.6) is 0 Å². The summed E-state index contributed by atoms with van der Waals surface area (Å²) in [5.41, 5.74) is 5.62. The summed E-state index contributed by atoms with van der Waals surface area (Å²) >= 11 is 0. The lowest BCUT2D eigenvalue weighted by Gasteiger charge is -2.11. The predicted octanol–water partition coefficient (Wildman–Crippen LogP) is 2.16. The van der Waals surface area contributed by atoms with Gasteiger partial charge in [-0.2, -0.15) is 0 Å². The van der Waals surface area contributed by atoms with Crippen molar-refractivity contribution in [1.82, 2.24) is 0 Å². The predicted molar refractivity (Wildman–Crippen MR) is 42.3 cm³/mol. The largest absolute Gasteiger partial charge is 0.328 e. The van der Waals surface area contributed by atoms with Crippen molar-refractivity contribution in [3.8, 4) is 0 Å². The van der Waals surface area contributed by atoms with E-state index >= 15 is 0 Å². The van der Waals surface area contributed by atoms with Crippen LogP contribution in [-0.2, 0) is 0 Å². The molecule has 0 rings (SSSR count). The molecule has 0 saturated heterocycles. The lowest BCUT2D eigenvalue weighted by atomic mass is 9.99. The van der Waals surface area contributed by atoms with Gasteiger partial charge in [-0.25, -0.2) is 0 Å². The highest BCUT2D eigenvalue weighted by Gasteiger charge is 2.02. The van der Waals surface area contributed by atoms with E-state index in [4.69, 9.17) is 5.73 Å². The summed E-state index contributed by atoms with van der Waals surface area (Å²) in [5.74, 6) is 0.815. The molecule has 1 heteroatoms. The molecule has 0 aliphatic carbocycles. The molecule has 0 unspecified atom stereocenters. The third kappa shape index (κ3) is 5.84. The smallest absolute Gasteiger partial charge is 0.00130 e. The van der Waals surface area contributed by atoms with Crippen molar-refractivity contribution in [3.63, 3.8) is 0 Å². The van der Waals surface area contributed by atoms with E-state index in [-0.39, 0.29) is 0 Å². The van der Waals surface area contributed by atoms with Gasteiger partial charge in [0.2, 0.25) is 0 Å². The first-order valence-corrected chi connectivity index (χ1v) is 3.92. The summed E-state index contributed by atoms with van der Waals surface area (Å²) in [6, 6.07) is 0.381. The fourth-order valence-corrected chi connectivity index (χ4v) is 1.25. The summed E-state index contributed by atoms with van der Waals surface area (Å²) in [5, 5.41) is 0. The number of hydrogen-bond acceptors (Lipinski definition) is 1. The second kappa shape index (κ2) is 4.80. The number of rotatable bonds is 4. The molecule has 1 nitrogen and oxygen atoms in total. The summed E-state index contributed by atoms with van der Waals surface area (Å²) in [6.07, 6.45) is 3.78. The molecule has 0 heterocycles. The highest BCUT2D eigenvalue weighted by Crippen LogP contribution is 2.10. The van der Waals surface area contributed by atoms with Gasteiger partial charge in [-0.1, -0.05) is 26.7 Å². The molecule has 0 radical (unpaired) electrons. The molecular formula is C8H19N. The Hall–Kier alpha value is -0.0400. The van der Waals surface area contributed by atoms with Gasteiger partial charge in [0.05, 0.1) is 0 Å². The molecule has 9 heavy (non-hydrogen) atoms. The number of hydrogen-bond donors (Lipinski definition) is 1. The zero-order chi connectivity index (χ0) is 7.28. The van der Waals surface area contributed by atoms with Crippen molar-refractivity contribution >= 4 is 0 Å². The van der Waals surface area contributed by atoms with Crippen LogP contribution in [0.15, 0.2) is 0 Å². The van der Waals surface area contributed by atoms with Crippen LogP contribution in [0.4, 0.5) is 0 Å². The van der Waals surface area contributed by atoms with Gasteiger partial charge < -0.3 is 5.73 Å². The molecule has 0 aromatic carbocycles. The molecule has 0 amide bonds. The molecule has 0 aliphatic heterocycles. The van der Waals surface area contributed by atoms with Crippen LogP contribution in [0.3, 0.4) is 0 Å². The zero-order valence-corrected chi connectivity index (χ0v) is 6.85. The molecule has 0 aromatic rings. The maximum Gasteiger partial charge on any atom is 0.00130 e. The Balaban J connectivity index is 3.15. The van der Waals surface area contributed by atoms with Gasteiger partial charge in [0.15, 0.2) is 0 Å². The minimum Gasteiger partial charge on any atom is -0.328 e. The van der Waals surface area contributed by atoms with Gasteiger partial charge in [-0.15, -0.1) is 0 Å². The van der Waals surface area contributed by atoms with E-state index in [0.717, 1.165) is 5.92 Å². The van der Waals surface area contributed by atoms with Crippen LogP contribution < -0.4 is 5.73 Å². The fourth-order valence-electron chi connectivity index (χ4n) is 1.25. The average Bonchev–Trinajstić information content (AvgIpc) is 1.63. The Morgan fingerprint density at radius 3 is 2.22 bits per heavy atom. The van der Waals surface area contributed by atoms with Crippen molar-refractivity contribution in [2.45, 2.75) is 46.1 Å². The standard InChI is InChI=1S/C8H19N/c1-4-5-7(2)6-8(3)9/h7-8H,4-6,9H2,1-3H3/t7-,8-/m0/s1. The lowest BCUT2D eigenvalue weighted by molar-refractivity contribution is 0.447. The van der Waals surface area contributed by atoms with Gasteiger partial charge >= 0.3 is 0 Å². The molecular weight excluding hydrogens is 110 g/mol. The van der Waals surface area contributed by atoms with Crippen LogP contribution in [0.1, 0.15) is 40.0 Å². The Labute approximate surface area is 58.6 Å². The second-order valence-electron chi connectivity index (χ2n) is 3.11. The maximum absolute atomic E-state index is 5.62. The van der Waals surface area contributed by atoms with Gasteiger partial charge in [0.1, 0.15) is 0 Å². The van der Waals surface area contributed by atoms with E-state index < -0.39 is 0 Å². The molecule has 0 bridgehead atoms. The normalized spacial score (nSPS) is 17.3. The third-order valence-electron chi connectivity index (χ3n) is 1.56. The first kappa shape index (κ1) is 8.96. The van der Waals surface area contributed by atoms with Crippen molar-refractivity contribution in [1.29, 1.82) is 0 Å². The van der Waals surface area contributed by atoms with Crippen molar-refractivity contribution in [2.24, 2.45) is 11.7 Å². The molecule has 0 spiro atoms. The maximum atomic E-state index is 5.62. The fraction of sp³-hybridized carbons (Fsp3) is 1.00. The van der Waals surface area contributed by atoms with Gasteiger partial charge in [0.25, 0.3) is 0 Å². The van der Waals surface area contributed by atoms with E-state index in [1.165, 1.54) is 19.3 Å². The molecule has 0 aliphatic rings. The molecule has 0 fully saturated rings. The molecule has 0 aromatic heterocycles. The van der Waals surface area contributed by atoms with Crippen LogP contribution >= 0.6 is 0 Å². The molecule has 56 valence electrons. The topological polar surface area (TPSA) is 26.0 Å². The highest BCUT2D eigenvalue weighted by molar-refractivity contribution is 4.59. The number of nitrogens with two attached hydrogens (primary N) is 1. The van der Waals surface area contributed by atoms with Crippen LogP contribution in [0, 0.1) is 5.92 Å². The van der Waals surface area contributed by atoms with E-state index in [1.807, 2.05) is 0 Å². The summed E-state index contributed by atoms with van der Waals surface area (Å²) in [6.45, 7) is 6.57. The molecule has 2 atom stereocenters. The van der Waals surface area contributed by atoms with E-state index in [9.17, 15) is 0 Å². The van der Waals surface area contributed by atoms with E-state index in [1.54, 1.807) is 0 Å². The van der Waals surface area contributed by atoms with Gasteiger partial charge in [0, 0.05) is 6.04 Å². The Morgan fingerprint density at radius 1 is 1.33 bits per heavy atom. The Bertz CT molecular complexity index is 59.6.